The van der Waals surface area contributed by atoms with Crippen LogP contribution in [0.4, 0.5) is 0 Å². The average Bonchev–Trinajstić information content (AvgIpc) is 2.86. The van der Waals surface area contributed by atoms with Gasteiger partial charge in [0.05, 0.1) is 12.2 Å². The minimum Gasteiger partial charge on any atom is -0.375 e. The maximum Gasteiger partial charge on any atom is 0.0690 e. The molecule has 1 aliphatic heterocycles. The second-order valence-electron chi connectivity index (χ2n) is 7.64. The quantitative estimate of drug-likeness (QED) is 0.601. The van der Waals surface area contributed by atoms with E-state index in [1.165, 1.54) is 38.5 Å². The third-order valence-corrected chi connectivity index (χ3v) is 5.07. The molecule has 0 bridgehead atoms. The Morgan fingerprint density at radius 3 is 2.69 bits per heavy atom. The van der Waals surface area contributed by atoms with Gasteiger partial charge in [0.1, 0.15) is 0 Å². The second kappa shape index (κ2) is 3.48. The summed E-state index contributed by atoms with van der Waals surface area (Å²) in [6, 6.07) is 0. The van der Waals surface area contributed by atoms with E-state index >= 15 is 0 Å². The van der Waals surface area contributed by atoms with Gasteiger partial charge in [0.2, 0.25) is 0 Å². The van der Waals surface area contributed by atoms with E-state index in [4.69, 9.17) is 4.74 Å². The van der Waals surface area contributed by atoms with Crippen LogP contribution in [0.15, 0.2) is 0 Å². The molecule has 1 spiro atoms. The molecule has 0 unspecified atom stereocenters. The summed E-state index contributed by atoms with van der Waals surface area (Å²) in [7, 11) is 0. The molecular weight excluding hydrogens is 196 g/mol. The summed E-state index contributed by atoms with van der Waals surface area (Å²) >= 11 is 0. The lowest BCUT2D eigenvalue weighted by atomic mass is 9.64. The Labute approximate surface area is 99.9 Å². The number of ether oxygens (including phenoxy) is 1. The van der Waals surface area contributed by atoms with Crippen molar-refractivity contribution in [1.82, 2.24) is 0 Å². The molecule has 3 aliphatic rings. The fourth-order valence-electron chi connectivity index (χ4n) is 4.64. The zero-order valence-corrected chi connectivity index (χ0v) is 11.1. The summed E-state index contributed by atoms with van der Waals surface area (Å²) in [5.41, 5.74) is 0.751. The molecule has 1 heteroatoms. The molecule has 2 aliphatic carbocycles. The molecule has 0 aromatic heterocycles. The van der Waals surface area contributed by atoms with Gasteiger partial charge in [0.15, 0.2) is 0 Å². The van der Waals surface area contributed by atoms with Gasteiger partial charge in [-0.1, -0.05) is 20.8 Å². The topological polar surface area (TPSA) is 9.23 Å². The van der Waals surface area contributed by atoms with E-state index in [2.05, 4.69) is 20.8 Å². The Hall–Kier alpha value is -0.0400. The fraction of sp³-hybridized carbons (Fsp3) is 1.00. The van der Waals surface area contributed by atoms with Crippen molar-refractivity contribution in [3.8, 4) is 0 Å². The molecule has 1 saturated heterocycles. The number of fused-ring (bicyclic) bond motifs is 1. The van der Waals surface area contributed by atoms with Crippen molar-refractivity contribution in [2.75, 3.05) is 6.61 Å². The second-order valence-corrected chi connectivity index (χ2v) is 7.64. The van der Waals surface area contributed by atoms with Gasteiger partial charge in [-0.15, -0.1) is 0 Å². The number of rotatable bonds is 0. The molecule has 0 aromatic rings. The van der Waals surface area contributed by atoms with Crippen LogP contribution in [0.25, 0.3) is 0 Å². The van der Waals surface area contributed by atoms with Gasteiger partial charge in [-0.25, -0.2) is 0 Å². The standard InChI is InChI=1S/C15H26O/c1-11-7-14(2,3)10-15(8-11)5-4-12-6-13(12)9-16-15/h11-13H,4-10H2,1-3H3/t11-,12-,13+,15+/m1/s1. The highest BCUT2D eigenvalue weighted by Gasteiger charge is 2.49. The van der Waals surface area contributed by atoms with Crippen molar-refractivity contribution in [1.29, 1.82) is 0 Å². The highest BCUT2D eigenvalue weighted by Crippen LogP contribution is 2.53. The molecule has 2 saturated carbocycles. The minimum absolute atomic E-state index is 0.259. The van der Waals surface area contributed by atoms with Crippen LogP contribution < -0.4 is 0 Å². The van der Waals surface area contributed by atoms with Crippen molar-refractivity contribution >= 4 is 0 Å². The van der Waals surface area contributed by atoms with E-state index in [1.807, 2.05) is 0 Å². The van der Waals surface area contributed by atoms with Crippen LogP contribution in [0.1, 0.15) is 59.3 Å². The van der Waals surface area contributed by atoms with Crippen LogP contribution in [-0.4, -0.2) is 12.2 Å². The maximum absolute atomic E-state index is 6.39. The van der Waals surface area contributed by atoms with E-state index in [0.717, 1.165) is 24.4 Å². The molecular formula is C15H26O. The molecule has 3 fully saturated rings. The van der Waals surface area contributed by atoms with Gasteiger partial charge in [-0.3, -0.25) is 0 Å². The Morgan fingerprint density at radius 1 is 1.12 bits per heavy atom. The molecule has 0 radical (unpaired) electrons. The molecule has 0 N–H and O–H groups in total. The van der Waals surface area contributed by atoms with Crippen molar-refractivity contribution in [2.45, 2.75) is 64.9 Å². The first kappa shape index (κ1) is 11.1. The lowest BCUT2D eigenvalue weighted by molar-refractivity contribution is -0.114. The van der Waals surface area contributed by atoms with Crippen LogP contribution in [0.5, 0.6) is 0 Å². The van der Waals surface area contributed by atoms with Gasteiger partial charge < -0.3 is 4.74 Å². The van der Waals surface area contributed by atoms with Crippen LogP contribution in [-0.2, 0) is 4.74 Å². The maximum atomic E-state index is 6.39. The normalized spacial score (nSPS) is 50.8. The van der Waals surface area contributed by atoms with Crippen LogP contribution >= 0.6 is 0 Å². The van der Waals surface area contributed by atoms with E-state index < -0.39 is 0 Å². The minimum atomic E-state index is 0.259. The summed E-state index contributed by atoms with van der Waals surface area (Å²) in [5, 5.41) is 0. The molecule has 0 aromatic carbocycles. The number of hydrogen-bond acceptors (Lipinski definition) is 1. The molecule has 4 atom stereocenters. The predicted octanol–water partition coefficient (Wildman–Crippen LogP) is 4.02. The van der Waals surface area contributed by atoms with Crippen molar-refractivity contribution in [3.05, 3.63) is 0 Å². The first-order chi connectivity index (χ1) is 7.48. The Balaban J connectivity index is 1.75. The van der Waals surface area contributed by atoms with E-state index in [-0.39, 0.29) is 5.60 Å². The molecule has 92 valence electrons. The fourth-order valence-corrected chi connectivity index (χ4v) is 4.64. The van der Waals surface area contributed by atoms with Gasteiger partial charge in [-0.2, -0.15) is 0 Å². The Bertz CT molecular complexity index is 269. The summed E-state index contributed by atoms with van der Waals surface area (Å²) in [6.07, 6.45) is 8.22. The van der Waals surface area contributed by atoms with Crippen LogP contribution in [0.3, 0.4) is 0 Å². The van der Waals surface area contributed by atoms with E-state index in [9.17, 15) is 0 Å². The number of hydrogen-bond donors (Lipinski definition) is 0. The summed E-state index contributed by atoms with van der Waals surface area (Å²) < 4.78 is 6.39. The molecule has 1 nitrogen and oxygen atoms in total. The smallest absolute Gasteiger partial charge is 0.0690 e. The first-order valence-corrected chi connectivity index (χ1v) is 7.12. The van der Waals surface area contributed by atoms with Crippen LogP contribution in [0.2, 0.25) is 0 Å². The monoisotopic (exact) mass is 222 g/mol. The van der Waals surface area contributed by atoms with E-state index in [0.29, 0.717) is 5.41 Å². The third-order valence-electron chi connectivity index (χ3n) is 5.07. The van der Waals surface area contributed by atoms with Crippen molar-refractivity contribution < 1.29 is 4.74 Å². The molecule has 3 rings (SSSR count). The van der Waals surface area contributed by atoms with Crippen LogP contribution in [0, 0.1) is 23.2 Å². The average molecular weight is 222 g/mol. The van der Waals surface area contributed by atoms with Gasteiger partial charge >= 0.3 is 0 Å². The SMILES string of the molecule is C[C@@H]1CC(C)(C)C[C@]2(CC[C@@H]3C[C@H]3CO2)C1. The molecule has 16 heavy (non-hydrogen) atoms. The molecule has 0 amide bonds. The highest BCUT2D eigenvalue weighted by molar-refractivity contribution is 4.99. The van der Waals surface area contributed by atoms with Crippen molar-refractivity contribution in [2.24, 2.45) is 23.2 Å². The molecule has 1 heterocycles. The van der Waals surface area contributed by atoms with Gasteiger partial charge in [-0.05, 0) is 61.7 Å². The third kappa shape index (κ3) is 2.03. The first-order valence-electron chi connectivity index (χ1n) is 7.12. The Kier molecular flexibility index (Phi) is 2.41. The predicted molar refractivity (Wildman–Crippen MR) is 66.3 cm³/mol. The highest BCUT2D eigenvalue weighted by atomic mass is 16.5. The summed E-state index contributed by atoms with van der Waals surface area (Å²) in [4.78, 5) is 0. The lowest BCUT2D eigenvalue weighted by Gasteiger charge is -2.47. The zero-order valence-electron chi connectivity index (χ0n) is 11.1. The zero-order chi connectivity index (χ0) is 11.4. The largest absolute Gasteiger partial charge is 0.375 e. The lowest BCUT2D eigenvalue weighted by Crippen LogP contribution is -2.44. The summed E-state index contributed by atoms with van der Waals surface area (Å²) in [5.74, 6) is 2.80. The van der Waals surface area contributed by atoms with Gasteiger partial charge in [0.25, 0.3) is 0 Å². The van der Waals surface area contributed by atoms with E-state index in [1.54, 1.807) is 0 Å². The van der Waals surface area contributed by atoms with Crippen molar-refractivity contribution in [3.63, 3.8) is 0 Å². The summed E-state index contributed by atoms with van der Waals surface area (Å²) in [6.45, 7) is 8.34. The Morgan fingerprint density at radius 2 is 1.94 bits per heavy atom. The van der Waals surface area contributed by atoms with Gasteiger partial charge in [0, 0.05) is 0 Å².